The monoisotopic (exact) mass is 342 g/mol. The molecule has 0 spiro atoms. The number of rotatable bonds is 5. The Morgan fingerprint density at radius 1 is 1.36 bits per heavy atom. The SMILES string of the molecule is COc1ccc(NC(=O)N2CCCC(OCc3cccnc3)C2)cn1. The first-order valence-electron chi connectivity index (χ1n) is 8.31. The van der Waals surface area contributed by atoms with Crippen LogP contribution in [0.25, 0.3) is 0 Å². The van der Waals surface area contributed by atoms with Crippen LogP contribution in [0.4, 0.5) is 10.5 Å². The quantitative estimate of drug-likeness (QED) is 0.904. The highest BCUT2D eigenvalue weighted by Gasteiger charge is 2.24. The van der Waals surface area contributed by atoms with Crippen LogP contribution in [0, 0.1) is 0 Å². The molecule has 1 atom stereocenters. The van der Waals surface area contributed by atoms with Gasteiger partial charge in [0.15, 0.2) is 0 Å². The molecule has 1 N–H and O–H groups in total. The smallest absolute Gasteiger partial charge is 0.321 e. The first kappa shape index (κ1) is 17.2. The minimum atomic E-state index is -0.137. The molecule has 2 amide bonds. The zero-order valence-corrected chi connectivity index (χ0v) is 14.2. The first-order chi connectivity index (χ1) is 12.2. The fourth-order valence-electron chi connectivity index (χ4n) is 2.73. The zero-order chi connectivity index (χ0) is 17.5. The Bertz CT molecular complexity index is 678. The van der Waals surface area contributed by atoms with E-state index in [0.717, 1.165) is 24.9 Å². The molecule has 1 unspecified atom stereocenters. The molecular weight excluding hydrogens is 320 g/mol. The highest BCUT2D eigenvalue weighted by atomic mass is 16.5. The number of carbonyl (C=O) groups is 1. The third kappa shape index (κ3) is 4.90. The maximum atomic E-state index is 12.4. The van der Waals surface area contributed by atoms with Gasteiger partial charge in [-0.15, -0.1) is 0 Å². The van der Waals surface area contributed by atoms with Crippen molar-refractivity contribution in [2.45, 2.75) is 25.6 Å². The van der Waals surface area contributed by atoms with Crippen molar-refractivity contribution in [2.75, 3.05) is 25.5 Å². The van der Waals surface area contributed by atoms with E-state index in [9.17, 15) is 4.79 Å². The highest BCUT2D eigenvalue weighted by molar-refractivity contribution is 5.89. The fraction of sp³-hybridized carbons (Fsp3) is 0.389. The Balaban J connectivity index is 1.50. The van der Waals surface area contributed by atoms with Gasteiger partial charge in [-0.05, 0) is 30.5 Å². The van der Waals surface area contributed by atoms with Crippen molar-refractivity contribution in [3.63, 3.8) is 0 Å². The third-order valence-corrected chi connectivity index (χ3v) is 4.07. The molecule has 0 bridgehead atoms. The summed E-state index contributed by atoms with van der Waals surface area (Å²) in [6.45, 7) is 1.81. The second kappa shape index (κ2) is 8.43. The molecule has 132 valence electrons. The van der Waals surface area contributed by atoms with Gasteiger partial charge < -0.3 is 19.7 Å². The van der Waals surface area contributed by atoms with Crippen molar-refractivity contribution in [1.82, 2.24) is 14.9 Å². The Hall–Kier alpha value is -2.67. The summed E-state index contributed by atoms with van der Waals surface area (Å²) in [6, 6.07) is 7.22. The van der Waals surface area contributed by atoms with Crippen molar-refractivity contribution in [3.05, 3.63) is 48.4 Å². The van der Waals surface area contributed by atoms with Crippen molar-refractivity contribution in [1.29, 1.82) is 0 Å². The third-order valence-electron chi connectivity index (χ3n) is 4.07. The minimum Gasteiger partial charge on any atom is -0.481 e. The van der Waals surface area contributed by atoms with Gasteiger partial charge >= 0.3 is 6.03 Å². The van der Waals surface area contributed by atoms with Crippen LogP contribution in [0.2, 0.25) is 0 Å². The molecule has 0 aliphatic carbocycles. The van der Waals surface area contributed by atoms with Crippen LogP contribution in [-0.2, 0) is 11.3 Å². The van der Waals surface area contributed by atoms with Crippen LogP contribution in [0.3, 0.4) is 0 Å². The molecule has 7 heteroatoms. The Morgan fingerprint density at radius 2 is 2.28 bits per heavy atom. The lowest BCUT2D eigenvalue weighted by molar-refractivity contribution is 0.000916. The van der Waals surface area contributed by atoms with E-state index in [2.05, 4.69) is 15.3 Å². The number of piperidine rings is 1. The normalized spacial score (nSPS) is 17.2. The number of methoxy groups -OCH3 is 1. The van der Waals surface area contributed by atoms with Crippen LogP contribution in [0.1, 0.15) is 18.4 Å². The van der Waals surface area contributed by atoms with Crippen molar-refractivity contribution in [2.24, 2.45) is 0 Å². The number of nitrogens with one attached hydrogen (secondary N) is 1. The molecule has 2 aromatic rings. The van der Waals surface area contributed by atoms with Crippen molar-refractivity contribution >= 4 is 11.7 Å². The number of hydrogen-bond acceptors (Lipinski definition) is 5. The molecule has 1 fully saturated rings. The van der Waals surface area contributed by atoms with Gasteiger partial charge in [0, 0.05) is 31.5 Å². The summed E-state index contributed by atoms with van der Waals surface area (Å²) in [5.41, 5.74) is 1.68. The highest BCUT2D eigenvalue weighted by Crippen LogP contribution is 2.17. The molecule has 3 heterocycles. The molecular formula is C18H22N4O3. The molecule has 0 radical (unpaired) electrons. The summed E-state index contributed by atoms with van der Waals surface area (Å²) in [6.07, 6.45) is 7.03. The minimum absolute atomic E-state index is 0.0358. The molecule has 1 aliphatic heterocycles. The van der Waals surface area contributed by atoms with Crippen LogP contribution < -0.4 is 10.1 Å². The zero-order valence-electron chi connectivity index (χ0n) is 14.2. The number of urea groups is 1. The Morgan fingerprint density at radius 3 is 3.00 bits per heavy atom. The summed E-state index contributed by atoms with van der Waals surface area (Å²) in [4.78, 5) is 22.4. The fourth-order valence-corrected chi connectivity index (χ4v) is 2.73. The molecule has 3 rings (SSSR count). The van der Waals surface area contributed by atoms with Gasteiger partial charge in [-0.1, -0.05) is 6.07 Å². The van der Waals surface area contributed by atoms with E-state index < -0.39 is 0 Å². The average Bonchev–Trinajstić information content (AvgIpc) is 2.68. The number of carbonyl (C=O) groups excluding carboxylic acids is 1. The summed E-state index contributed by atoms with van der Waals surface area (Å²) < 4.78 is 11.0. The van der Waals surface area contributed by atoms with Gasteiger partial charge in [0.25, 0.3) is 0 Å². The largest absolute Gasteiger partial charge is 0.481 e. The van der Waals surface area contributed by atoms with E-state index in [1.165, 1.54) is 0 Å². The van der Waals surface area contributed by atoms with Gasteiger partial charge in [0.1, 0.15) is 0 Å². The van der Waals surface area contributed by atoms with E-state index in [4.69, 9.17) is 9.47 Å². The van der Waals surface area contributed by atoms with Crippen LogP contribution in [0.15, 0.2) is 42.9 Å². The molecule has 0 aromatic carbocycles. The first-order valence-corrected chi connectivity index (χ1v) is 8.31. The van der Waals surface area contributed by atoms with Gasteiger partial charge in [0.05, 0.1) is 31.7 Å². The lowest BCUT2D eigenvalue weighted by Crippen LogP contribution is -2.45. The predicted molar refractivity (Wildman–Crippen MR) is 93.4 cm³/mol. The molecule has 1 saturated heterocycles. The van der Waals surface area contributed by atoms with E-state index in [-0.39, 0.29) is 12.1 Å². The molecule has 0 saturated carbocycles. The van der Waals surface area contributed by atoms with E-state index in [1.54, 1.807) is 42.7 Å². The molecule has 2 aromatic heterocycles. The molecule has 1 aliphatic rings. The van der Waals surface area contributed by atoms with E-state index in [0.29, 0.717) is 24.7 Å². The summed E-state index contributed by atoms with van der Waals surface area (Å²) in [7, 11) is 1.56. The lowest BCUT2D eigenvalue weighted by atomic mass is 10.1. The predicted octanol–water partition coefficient (Wildman–Crippen LogP) is 2.70. The summed E-state index contributed by atoms with van der Waals surface area (Å²) in [5, 5.41) is 2.86. The number of likely N-dealkylation sites (tertiary alicyclic amines) is 1. The number of amides is 2. The number of aromatic nitrogens is 2. The maximum absolute atomic E-state index is 12.4. The molecule has 7 nitrogen and oxygen atoms in total. The number of hydrogen-bond donors (Lipinski definition) is 1. The van der Waals surface area contributed by atoms with Gasteiger partial charge in [-0.3, -0.25) is 4.98 Å². The number of ether oxygens (including phenoxy) is 2. The van der Waals surface area contributed by atoms with Crippen molar-refractivity contribution < 1.29 is 14.3 Å². The Kier molecular flexibility index (Phi) is 5.79. The molecule has 25 heavy (non-hydrogen) atoms. The number of nitrogens with zero attached hydrogens (tertiary/aromatic N) is 3. The van der Waals surface area contributed by atoms with Crippen LogP contribution >= 0.6 is 0 Å². The van der Waals surface area contributed by atoms with Gasteiger partial charge in [-0.25, -0.2) is 9.78 Å². The second-order valence-corrected chi connectivity index (χ2v) is 5.90. The average molecular weight is 342 g/mol. The van der Waals surface area contributed by atoms with Crippen LogP contribution in [-0.4, -0.2) is 47.2 Å². The van der Waals surface area contributed by atoms with E-state index >= 15 is 0 Å². The van der Waals surface area contributed by atoms with Gasteiger partial charge in [-0.2, -0.15) is 0 Å². The Labute approximate surface area is 147 Å². The van der Waals surface area contributed by atoms with Crippen LogP contribution in [0.5, 0.6) is 5.88 Å². The number of anilines is 1. The standard InChI is InChI=1S/C18H22N4O3/c1-24-17-7-6-15(11-20-17)21-18(23)22-9-3-5-16(12-22)25-13-14-4-2-8-19-10-14/h2,4,6-8,10-11,16H,3,5,9,12-13H2,1H3,(H,21,23). The number of pyridine rings is 2. The van der Waals surface area contributed by atoms with Crippen molar-refractivity contribution in [3.8, 4) is 5.88 Å². The summed E-state index contributed by atoms with van der Waals surface area (Å²) >= 11 is 0. The topological polar surface area (TPSA) is 76.6 Å². The second-order valence-electron chi connectivity index (χ2n) is 5.90. The maximum Gasteiger partial charge on any atom is 0.321 e. The van der Waals surface area contributed by atoms with E-state index in [1.807, 2.05) is 12.1 Å². The lowest BCUT2D eigenvalue weighted by Gasteiger charge is -2.32. The summed E-state index contributed by atoms with van der Waals surface area (Å²) in [5.74, 6) is 0.514. The van der Waals surface area contributed by atoms with Gasteiger partial charge in [0.2, 0.25) is 5.88 Å².